The second-order valence-electron chi connectivity index (χ2n) is 4.94. The van der Waals surface area contributed by atoms with E-state index in [1.807, 2.05) is 43.3 Å². The van der Waals surface area contributed by atoms with E-state index < -0.39 is 6.17 Å². The summed E-state index contributed by atoms with van der Waals surface area (Å²) in [5.41, 5.74) is 9.84. The standard InChI is InChI=1S/C16H14ClN3O/c1-9-4-2-5-10(8-9)13-11-6-3-7-12(17)14(11)20-16(21)15(18)19-13/h2-8,15H,18H2,1H3,(H,20,21). The third-order valence-corrected chi connectivity index (χ3v) is 3.66. The van der Waals surface area contributed by atoms with Crippen LogP contribution in [0, 0.1) is 6.92 Å². The van der Waals surface area contributed by atoms with Crippen LogP contribution < -0.4 is 11.1 Å². The number of aryl methyl sites for hydroxylation is 1. The Labute approximate surface area is 127 Å². The number of para-hydroxylation sites is 1. The Hall–Kier alpha value is -2.17. The van der Waals surface area contributed by atoms with Crippen LogP contribution in [0.1, 0.15) is 16.7 Å². The molecule has 0 saturated heterocycles. The largest absolute Gasteiger partial charge is 0.321 e. The third-order valence-electron chi connectivity index (χ3n) is 3.35. The molecule has 0 saturated carbocycles. The Morgan fingerprint density at radius 1 is 1.24 bits per heavy atom. The van der Waals surface area contributed by atoms with E-state index in [1.165, 1.54) is 0 Å². The fourth-order valence-electron chi connectivity index (χ4n) is 2.34. The maximum atomic E-state index is 12.0. The number of rotatable bonds is 1. The van der Waals surface area contributed by atoms with Gasteiger partial charge in [-0.3, -0.25) is 9.79 Å². The average molecular weight is 300 g/mol. The lowest BCUT2D eigenvalue weighted by molar-refractivity contribution is -0.117. The number of benzodiazepines with no additional fused rings is 1. The van der Waals surface area contributed by atoms with Crippen molar-refractivity contribution in [1.29, 1.82) is 0 Å². The van der Waals surface area contributed by atoms with Gasteiger partial charge in [0.05, 0.1) is 16.4 Å². The number of amides is 1. The van der Waals surface area contributed by atoms with Gasteiger partial charge in [0.25, 0.3) is 5.91 Å². The zero-order valence-corrected chi connectivity index (χ0v) is 12.2. The fourth-order valence-corrected chi connectivity index (χ4v) is 2.56. The van der Waals surface area contributed by atoms with Gasteiger partial charge < -0.3 is 11.1 Å². The highest BCUT2D eigenvalue weighted by molar-refractivity contribution is 6.35. The van der Waals surface area contributed by atoms with E-state index in [0.29, 0.717) is 16.4 Å². The van der Waals surface area contributed by atoms with Crippen LogP contribution >= 0.6 is 11.6 Å². The van der Waals surface area contributed by atoms with Gasteiger partial charge in [0.15, 0.2) is 6.17 Å². The highest BCUT2D eigenvalue weighted by atomic mass is 35.5. The summed E-state index contributed by atoms with van der Waals surface area (Å²) in [5.74, 6) is -0.369. The Morgan fingerprint density at radius 3 is 2.76 bits per heavy atom. The molecule has 1 heterocycles. The first-order valence-electron chi connectivity index (χ1n) is 6.56. The number of halogens is 1. The molecule has 3 rings (SSSR count). The van der Waals surface area contributed by atoms with E-state index >= 15 is 0 Å². The van der Waals surface area contributed by atoms with Gasteiger partial charge in [0.2, 0.25) is 0 Å². The molecule has 4 nitrogen and oxygen atoms in total. The van der Waals surface area contributed by atoms with E-state index in [4.69, 9.17) is 17.3 Å². The van der Waals surface area contributed by atoms with Crippen LogP contribution in [0.5, 0.6) is 0 Å². The SMILES string of the molecule is Cc1cccc(C2=NC(N)C(=O)Nc3c(Cl)cccc32)c1. The second-order valence-corrected chi connectivity index (χ2v) is 5.35. The van der Waals surface area contributed by atoms with E-state index in [0.717, 1.165) is 16.7 Å². The summed E-state index contributed by atoms with van der Waals surface area (Å²) >= 11 is 6.20. The molecule has 2 aromatic rings. The molecule has 0 bridgehead atoms. The molecule has 0 fully saturated rings. The summed E-state index contributed by atoms with van der Waals surface area (Å²) in [5, 5.41) is 3.21. The number of fused-ring (bicyclic) bond motifs is 1. The van der Waals surface area contributed by atoms with Crippen molar-refractivity contribution >= 4 is 28.9 Å². The zero-order chi connectivity index (χ0) is 15.0. The Bertz CT molecular complexity index is 755. The van der Waals surface area contributed by atoms with Crippen LogP contribution in [0.3, 0.4) is 0 Å². The minimum absolute atomic E-state index is 0.369. The minimum Gasteiger partial charge on any atom is -0.321 e. The first-order chi connectivity index (χ1) is 10.1. The topological polar surface area (TPSA) is 67.5 Å². The first-order valence-corrected chi connectivity index (χ1v) is 6.94. The maximum Gasteiger partial charge on any atom is 0.263 e. The summed E-state index contributed by atoms with van der Waals surface area (Å²) < 4.78 is 0. The Kier molecular flexibility index (Phi) is 3.49. The minimum atomic E-state index is -0.955. The van der Waals surface area contributed by atoms with Crippen molar-refractivity contribution in [2.75, 3.05) is 5.32 Å². The van der Waals surface area contributed by atoms with Gasteiger partial charge in [-0.05, 0) is 19.1 Å². The molecule has 1 amide bonds. The molecule has 0 aliphatic carbocycles. The molecule has 0 aromatic heterocycles. The van der Waals surface area contributed by atoms with Crippen LogP contribution in [0.25, 0.3) is 0 Å². The predicted molar refractivity (Wildman–Crippen MR) is 84.9 cm³/mol. The van der Waals surface area contributed by atoms with Crippen LogP contribution in [0.2, 0.25) is 5.02 Å². The average Bonchev–Trinajstić information content (AvgIpc) is 2.58. The smallest absolute Gasteiger partial charge is 0.263 e. The molecule has 1 atom stereocenters. The van der Waals surface area contributed by atoms with Gasteiger partial charge in [-0.15, -0.1) is 0 Å². The highest BCUT2D eigenvalue weighted by Crippen LogP contribution is 2.30. The monoisotopic (exact) mass is 299 g/mol. The molecular weight excluding hydrogens is 286 g/mol. The second kappa shape index (κ2) is 5.31. The van der Waals surface area contributed by atoms with Crippen molar-refractivity contribution in [1.82, 2.24) is 0 Å². The quantitative estimate of drug-likeness (QED) is 0.850. The molecule has 2 aromatic carbocycles. The molecule has 106 valence electrons. The number of nitrogens with zero attached hydrogens (tertiary/aromatic N) is 1. The zero-order valence-electron chi connectivity index (χ0n) is 11.4. The van der Waals surface area contributed by atoms with E-state index in [2.05, 4.69) is 10.3 Å². The number of carbonyl (C=O) groups excluding carboxylic acids is 1. The number of hydrogen-bond donors (Lipinski definition) is 2. The van der Waals surface area contributed by atoms with Gasteiger partial charge in [-0.1, -0.05) is 47.5 Å². The molecule has 0 radical (unpaired) electrons. The molecule has 1 aliphatic heterocycles. The number of hydrogen-bond acceptors (Lipinski definition) is 3. The van der Waals surface area contributed by atoms with Gasteiger partial charge in [0, 0.05) is 11.1 Å². The molecule has 21 heavy (non-hydrogen) atoms. The molecule has 0 spiro atoms. The lowest BCUT2D eigenvalue weighted by Crippen LogP contribution is -2.33. The van der Waals surface area contributed by atoms with Crippen molar-refractivity contribution in [2.24, 2.45) is 10.7 Å². The lowest BCUT2D eigenvalue weighted by atomic mass is 9.99. The maximum absolute atomic E-state index is 12.0. The summed E-state index contributed by atoms with van der Waals surface area (Å²) in [4.78, 5) is 16.3. The van der Waals surface area contributed by atoms with Gasteiger partial charge >= 0.3 is 0 Å². The Morgan fingerprint density at radius 2 is 2.00 bits per heavy atom. The number of carbonyl (C=O) groups is 1. The number of aliphatic imine (C=N–C) groups is 1. The van der Waals surface area contributed by atoms with Crippen LogP contribution in [0.15, 0.2) is 47.5 Å². The van der Waals surface area contributed by atoms with Crippen LogP contribution in [0.4, 0.5) is 5.69 Å². The van der Waals surface area contributed by atoms with E-state index in [1.54, 1.807) is 6.07 Å². The van der Waals surface area contributed by atoms with Crippen molar-refractivity contribution in [3.8, 4) is 0 Å². The summed E-state index contributed by atoms with van der Waals surface area (Å²) in [6, 6.07) is 13.3. The third kappa shape index (κ3) is 2.55. The lowest BCUT2D eigenvalue weighted by Gasteiger charge is -2.11. The molecule has 1 aliphatic rings. The number of nitrogens with two attached hydrogens (primary N) is 1. The number of anilines is 1. The molecule has 1 unspecified atom stereocenters. The van der Waals surface area contributed by atoms with Crippen molar-refractivity contribution in [3.63, 3.8) is 0 Å². The summed E-state index contributed by atoms with van der Waals surface area (Å²) in [6.45, 7) is 2.00. The van der Waals surface area contributed by atoms with Crippen LogP contribution in [-0.4, -0.2) is 17.8 Å². The molecule has 5 heteroatoms. The van der Waals surface area contributed by atoms with Gasteiger partial charge in [-0.25, -0.2) is 0 Å². The normalized spacial score (nSPS) is 17.6. The number of benzene rings is 2. The van der Waals surface area contributed by atoms with Crippen molar-refractivity contribution in [2.45, 2.75) is 13.1 Å². The first kappa shape index (κ1) is 13.8. The van der Waals surface area contributed by atoms with Crippen molar-refractivity contribution < 1.29 is 4.79 Å². The summed E-state index contributed by atoms with van der Waals surface area (Å²) in [7, 11) is 0. The van der Waals surface area contributed by atoms with Gasteiger partial charge in [0.1, 0.15) is 0 Å². The van der Waals surface area contributed by atoms with E-state index in [-0.39, 0.29) is 5.91 Å². The molecular formula is C16H14ClN3O. The fraction of sp³-hybridized carbons (Fsp3) is 0.125. The van der Waals surface area contributed by atoms with E-state index in [9.17, 15) is 4.79 Å². The predicted octanol–water partition coefficient (Wildman–Crippen LogP) is 2.72. The van der Waals surface area contributed by atoms with Crippen LogP contribution in [-0.2, 0) is 4.79 Å². The Balaban J connectivity index is 2.25. The van der Waals surface area contributed by atoms with Gasteiger partial charge in [-0.2, -0.15) is 0 Å². The molecule has 3 N–H and O–H groups in total. The number of nitrogens with one attached hydrogen (secondary N) is 1. The van der Waals surface area contributed by atoms with Crippen molar-refractivity contribution in [3.05, 3.63) is 64.2 Å². The summed E-state index contributed by atoms with van der Waals surface area (Å²) in [6.07, 6.45) is -0.955. The highest BCUT2D eigenvalue weighted by Gasteiger charge is 2.24.